The van der Waals surface area contributed by atoms with Crippen molar-refractivity contribution >= 4 is 23.5 Å². The number of fused-ring (bicyclic) bond motifs is 1. The highest BCUT2D eigenvalue weighted by molar-refractivity contribution is 6.03. The molecule has 46 heavy (non-hydrogen) atoms. The molecular formula is C38H53N5O3. The first-order valence-electron chi connectivity index (χ1n) is 17.8. The Balaban J connectivity index is 1.38. The molecule has 3 fully saturated rings. The number of rotatable bonds is 9. The van der Waals surface area contributed by atoms with E-state index in [0.29, 0.717) is 30.5 Å². The molecule has 248 valence electrons. The lowest BCUT2D eigenvalue weighted by atomic mass is 9.66. The van der Waals surface area contributed by atoms with Gasteiger partial charge in [-0.25, -0.2) is 4.79 Å². The van der Waals surface area contributed by atoms with E-state index >= 15 is 0 Å². The number of nitrogens with two attached hydrogens (primary N) is 1. The highest BCUT2D eigenvalue weighted by atomic mass is 16.2. The van der Waals surface area contributed by atoms with E-state index in [1.54, 1.807) is 4.90 Å². The smallest absolute Gasteiger partial charge is 0.318 e. The molecule has 4 atom stereocenters. The van der Waals surface area contributed by atoms with Crippen molar-refractivity contribution in [3.8, 4) is 0 Å². The molecule has 1 saturated heterocycles. The highest BCUT2D eigenvalue weighted by Crippen LogP contribution is 2.46. The van der Waals surface area contributed by atoms with Crippen molar-refractivity contribution in [1.29, 1.82) is 0 Å². The van der Waals surface area contributed by atoms with E-state index in [4.69, 9.17) is 5.73 Å². The topological polar surface area (TPSA) is 117 Å². The van der Waals surface area contributed by atoms with Crippen LogP contribution in [0.4, 0.5) is 10.5 Å². The maximum atomic E-state index is 14.8. The highest BCUT2D eigenvalue weighted by Gasteiger charge is 2.60. The zero-order valence-electron chi connectivity index (χ0n) is 27.9. The van der Waals surface area contributed by atoms with Gasteiger partial charge in [0.25, 0.3) is 5.91 Å². The summed E-state index contributed by atoms with van der Waals surface area (Å²) in [5, 5.41) is 9.68. The van der Waals surface area contributed by atoms with E-state index in [0.717, 1.165) is 42.4 Å². The Morgan fingerprint density at radius 1 is 0.913 bits per heavy atom. The molecule has 8 heteroatoms. The number of benzene rings is 2. The Bertz CT molecular complexity index is 1400. The predicted octanol–water partition coefficient (Wildman–Crippen LogP) is 6.24. The molecule has 3 aliphatic carbocycles. The van der Waals surface area contributed by atoms with Gasteiger partial charge in [0.15, 0.2) is 5.54 Å². The summed E-state index contributed by atoms with van der Waals surface area (Å²) in [5.41, 5.74) is 9.14. The van der Waals surface area contributed by atoms with Crippen LogP contribution in [-0.4, -0.2) is 46.9 Å². The molecule has 0 spiro atoms. The molecular weight excluding hydrogens is 574 g/mol. The standard InChI is InChI=1S/C38H53N5O3/c1-24(2)31-23-43(37(46)41-31)38(36(45)40-30-21-13-10-14-25(30)3)22-28-19-11-12-20-29(28)34(38)42-35(44)33(39)32(26-15-6-4-7-16-26)27-17-8-5-9-18-27/h10-14,19-21,24,26-27,31-34H,4-9,15-18,22-23,39H2,1-3H3,(H,40,45)(H,41,46)(H,42,44)/t31-,33-,34?,38?/m0/s1. The van der Waals surface area contributed by atoms with Crippen LogP contribution < -0.4 is 21.7 Å². The fourth-order valence-electron chi connectivity index (χ4n) is 9.06. The minimum absolute atomic E-state index is 0.111. The first kappa shape index (κ1) is 32.5. The second-order valence-electron chi connectivity index (χ2n) is 14.8. The summed E-state index contributed by atoms with van der Waals surface area (Å²) < 4.78 is 0. The molecule has 4 amide bonds. The van der Waals surface area contributed by atoms with E-state index in [2.05, 4.69) is 29.8 Å². The second kappa shape index (κ2) is 13.8. The van der Waals surface area contributed by atoms with Gasteiger partial charge in [0.05, 0.1) is 18.1 Å². The Kier molecular flexibility index (Phi) is 9.74. The number of nitrogens with one attached hydrogen (secondary N) is 3. The van der Waals surface area contributed by atoms with Gasteiger partial charge in [0, 0.05) is 18.7 Å². The molecule has 8 nitrogen and oxygen atoms in total. The lowest BCUT2D eigenvalue weighted by molar-refractivity contribution is -0.131. The summed E-state index contributed by atoms with van der Waals surface area (Å²) >= 11 is 0. The van der Waals surface area contributed by atoms with Crippen LogP contribution in [0.5, 0.6) is 0 Å². The first-order valence-corrected chi connectivity index (χ1v) is 17.8. The fourth-order valence-corrected chi connectivity index (χ4v) is 9.06. The monoisotopic (exact) mass is 627 g/mol. The number of hydrogen-bond donors (Lipinski definition) is 4. The van der Waals surface area contributed by atoms with Gasteiger partial charge in [0.1, 0.15) is 0 Å². The molecule has 0 bridgehead atoms. The van der Waals surface area contributed by atoms with E-state index in [1.165, 1.54) is 38.5 Å². The SMILES string of the molecule is Cc1ccccc1NC(=O)C1(N2C[C@@H](C(C)C)NC2=O)Cc2ccccc2C1NC(=O)[C@@H](N)C(C1CCCCC1)C1CCCCC1. The van der Waals surface area contributed by atoms with Gasteiger partial charge in [-0.05, 0) is 53.4 Å². The molecule has 5 N–H and O–H groups in total. The maximum absolute atomic E-state index is 14.8. The number of nitrogens with zero attached hydrogens (tertiary/aromatic N) is 1. The number of amides is 4. The largest absolute Gasteiger partial charge is 0.345 e. The summed E-state index contributed by atoms with van der Waals surface area (Å²) in [6.45, 7) is 6.48. The number of carbonyl (C=O) groups excluding carboxylic acids is 3. The minimum atomic E-state index is -1.37. The van der Waals surface area contributed by atoms with Crippen LogP contribution in [0, 0.1) is 30.6 Å². The van der Waals surface area contributed by atoms with Gasteiger partial charge in [-0.1, -0.05) is 121 Å². The van der Waals surface area contributed by atoms with Crippen molar-refractivity contribution < 1.29 is 14.4 Å². The molecule has 2 aromatic rings. The Labute approximate surface area is 274 Å². The average molecular weight is 628 g/mol. The van der Waals surface area contributed by atoms with Crippen LogP contribution in [0.25, 0.3) is 0 Å². The van der Waals surface area contributed by atoms with Crippen LogP contribution in [0.3, 0.4) is 0 Å². The van der Waals surface area contributed by atoms with Crippen molar-refractivity contribution in [2.75, 3.05) is 11.9 Å². The van der Waals surface area contributed by atoms with E-state index in [1.807, 2.05) is 55.5 Å². The first-order chi connectivity index (χ1) is 22.2. The van der Waals surface area contributed by atoms with Crippen molar-refractivity contribution in [3.05, 3.63) is 65.2 Å². The Hall–Kier alpha value is -3.39. The molecule has 1 heterocycles. The summed E-state index contributed by atoms with van der Waals surface area (Å²) in [6.07, 6.45) is 12.1. The van der Waals surface area contributed by atoms with Crippen LogP contribution in [0.1, 0.15) is 101 Å². The van der Waals surface area contributed by atoms with Crippen molar-refractivity contribution in [2.45, 2.75) is 115 Å². The molecule has 0 aromatic heterocycles. The number of aryl methyl sites for hydroxylation is 1. The molecule has 0 radical (unpaired) electrons. The third-order valence-corrected chi connectivity index (χ3v) is 11.7. The molecule has 6 rings (SSSR count). The number of para-hydroxylation sites is 1. The third kappa shape index (κ3) is 6.17. The normalized spacial score (nSPS) is 26.2. The number of hydrogen-bond acceptors (Lipinski definition) is 4. The molecule has 2 aromatic carbocycles. The minimum Gasteiger partial charge on any atom is -0.345 e. The van der Waals surface area contributed by atoms with Crippen LogP contribution in [0.2, 0.25) is 0 Å². The van der Waals surface area contributed by atoms with Gasteiger partial charge < -0.3 is 26.6 Å². The van der Waals surface area contributed by atoms with Gasteiger partial charge in [-0.3, -0.25) is 9.59 Å². The maximum Gasteiger partial charge on any atom is 0.318 e. The molecule has 2 saturated carbocycles. The molecule has 2 unspecified atom stereocenters. The summed E-state index contributed by atoms with van der Waals surface area (Å²) in [5.74, 6) is 0.677. The lowest BCUT2D eigenvalue weighted by Gasteiger charge is -2.43. The average Bonchev–Trinajstić information content (AvgIpc) is 3.62. The van der Waals surface area contributed by atoms with Gasteiger partial charge in [-0.2, -0.15) is 0 Å². The zero-order chi connectivity index (χ0) is 32.4. The van der Waals surface area contributed by atoms with Crippen molar-refractivity contribution in [3.63, 3.8) is 0 Å². The van der Waals surface area contributed by atoms with Crippen LogP contribution in [0.15, 0.2) is 48.5 Å². The van der Waals surface area contributed by atoms with E-state index in [9.17, 15) is 14.4 Å². The number of urea groups is 1. The quantitative estimate of drug-likeness (QED) is 0.263. The Morgan fingerprint density at radius 3 is 2.13 bits per heavy atom. The number of anilines is 1. The number of carbonyl (C=O) groups is 3. The summed E-state index contributed by atoms with van der Waals surface area (Å²) in [7, 11) is 0. The zero-order valence-corrected chi connectivity index (χ0v) is 27.9. The summed E-state index contributed by atoms with van der Waals surface area (Å²) in [4.78, 5) is 44.9. The summed E-state index contributed by atoms with van der Waals surface area (Å²) in [6, 6.07) is 13.8. The van der Waals surface area contributed by atoms with E-state index in [-0.39, 0.29) is 35.7 Å². The van der Waals surface area contributed by atoms with Gasteiger partial charge in [-0.15, -0.1) is 0 Å². The van der Waals surface area contributed by atoms with E-state index < -0.39 is 17.6 Å². The van der Waals surface area contributed by atoms with Gasteiger partial charge in [0.2, 0.25) is 5.91 Å². The van der Waals surface area contributed by atoms with Crippen molar-refractivity contribution in [1.82, 2.24) is 15.5 Å². The van der Waals surface area contributed by atoms with Crippen LogP contribution in [-0.2, 0) is 16.0 Å². The lowest BCUT2D eigenvalue weighted by Crippen LogP contribution is -2.65. The Morgan fingerprint density at radius 2 is 1.52 bits per heavy atom. The molecule has 4 aliphatic rings. The fraction of sp³-hybridized carbons (Fsp3) is 0.605. The van der Waals surface area contributed by atoms with Gasteiger partial charge >= 0.3 is 6.03 Å². The van der Waals surface area contributed by atoms with Crippen LogP contribution >= 0.6 is 0 Å². The predicted molar refractivity (Wildman–Crippen MR) is 182 cm³/mol. The molecule has 1 aliphatic heterocycles. The third-order valence-electron chi connectivity index (χ3n) is 11.7. The van der Waals surface area contributed by atoms with Crippen molar-refractivity contribution in [2.24, 2.45) is 29.4 Å². The second-order valence-corrected chi connectivity index (χ2v) is 14.8.